The summed E-state index contributed by atoms with van der Waals surface area (Å²) in [5.74, 6) is -0.735. The Balaban J connectivity index is 2.34. The highest BCUT2D eigenvalue weighted by Gasteiger charge is 2.34. The topological polar surface area (TPSA) is 63.4 Å². The molecule has 1 saturated heterocycles. The molecular formula is C14H21FN2O2S. The van der Waals surface area contributed by atoms with E-state index in [9.17, 15) is 12.8 Å². The lowest BCUT2D eigenvalue weighted by molar-refractivity contribution is 0.195. The Hall–Kier alpha value is -1.14. The lowest BCUT2D eigenvalue weighted by Crippen LogP contribution is -2.41. The maximum atomic E-state index is 14.0. The molecule has 1 heterocycles. The molecule has 0 bridgehead atoms. The normalized spacial score (nSPS) is 20.0. The van der Waals surface area contributed by atoms with Crippen molar-refractivity contribution < 1.29 is 12.8 Å². The van der Waals surface area contributed by atoms with Crippen LogP contribution in [0.4, 0.5) is 10.1 Å². The molecule has 0 aliphatic carbocycles. The van der Waals surface area contributed by atoms with Gasteiger partial charge in [0.05, 0.1) is 0 Å². The molecule has 1 fully saturated rings. The van der Waals surface area contributed by atoms with Crippen LogP contribution in [0.3, 0.4) is 0 Å². The third kappa shape index (κ3) is 2.81. The monoisotopic (exact) mass is 300 g/mol. The summed E-state index contributed by atoms with van der Waals surface area (Å²) in [5.41, 5.74) is 6.68. The largest absolute Gasteiger partial charge is 0.398 e. The van der Waals surface area contributed by atoms with Gasteiger partial charge in [-0.1, -0.05) is 13.8 Å². The summed E-state index contributed by atoms with van der Waals surface area (Å²) >= 11 is 0. The number of nitrogens with zero attached hydrogens (tertiary/aromatic N) is 1. The van der Waals surface area contributed by atoms with E-state index < -0.39 is 15.8 Å². The first kappa shape index (κ1) is 15.3. The second-order valence-corrected chi connectivity index (χ2v) is 8.11. The van der Waals surface area contributed by atoms with E-state index >= 15 is 0 Å². The molecule has 0 unspecified atom stereocenters. The Morgan fingerprint density at radius 2 is 1.80 bits per heavy atom. The van der Waals surface area contributed by atoms with Gasteiger partial charge in [0.25, 0.3) is 0 Å². The van der Waals surface area contributed by atoms with Crippen molar-refractivity contribution in [3.8, 4) is 0 Å². The minimum atomic E-state index is -3.80. The van der Waals surface area contributed by atoms with E-state index in [-0.39, 0.29) is 10.3 Å². The van der Waals surface area contributed by atoms with Gasteiger partial charge in [0, 0.05) is 18.8 Å². The summed E-state index contributed by atoms with van der Waals surface area (Å²) in [6, 6.07) is 2.40. The molecule has 1 aliphatic heterocycles. The number of nitrogen functional groups attached to an aromatic ring is 1. The van der Waals surface area contributed by atoms with Crippen molar-refractivity contribution in [2.75, 3.05) is 18.8 Å². The van der Waals surface area contributed by atoms with Crippen LogP contribution in [0, 0.1) is 18.2 Å². The van der Waals surface area contributed by atoms with Crippen molar-refractivity contribution in [3.63, 3.8) is 0 Å². The van der Waals surface area contributed by atoms with Crippen molar-refractivity contribution in [1.29, 1.82) is 0 Å². The van der Waals surface area contributed by atoms with Gasteiger partial charge in [0.15, 0.2) is 0 Å². The van der Waals surface area contributed by atoms with Crippen LogP contribution < -0.4 is 5.73 Å². The van der Waals surface area contributed by atoms with E-state index in [2.05, 4.69) is 13.8 Å². The Bertz CT molecular complexity index is 616. The van der Waals surface area contributed by atoms with Crippen LogP contribution in [-0.2, 0) is 10.0 Å². The molecule has 1 aromatic carbocycles. The molecule has 6 heteroatoms. The van der Waals surface area contributed by atoms with Crippen LogP contribution >= 0.6 is 0 Å². The van der Waals surface area contributed by atoms with E-state index in [0.29, 0.717) is 24.3 Å². The lowest BCUT2D eigenvalue weighted by atomic mass is 9.83. The number of piperidine rings is 1. The standard InChI is InChI=1S/C14H21FN2O2S/c1-10-8-11(15)13(9-12(10)16)20(18,19)17-6-4-14(2,3)5-7-17/h8-9H,4-7,16H2,1-3H3. The lowest BCUT2D eigenvalue weighted by Gasteiger charge is -2.36. The number of sulfonamides is 1. The fraction of sp³-hybridized carbons (Fsp3) is 0.571. The molecule has 0 spiro atoms. The molecule has 0 radical (unpaired) electrons. The van der Waals surface area contributed by atoms with E-state index in [1.807, 2.05) is 0 Å². The molecule has 20 heavy (non-hydrogen) atoms. The molecule has 4 nitrogen and oxygen atoms in total. The minimum Gasteiger partial charge on any atom is -0.398 e. The average Bonchev–Trinajstić information content (AvgIpc) is 2.33. The summed E-state index contributed by atoms with van der Waals surface area (Å²) in [7, 11) is -3.80. The van der Waals surface area contributed by atoms with E-state index in [0.717, 1.165) is 12.8 Å². The Morgan fingerprint density at radius 1 is 1.25 bits per heavy atom. The number of anilines is 1. The first-order chi connectivity index (χ1) is 9.13. The average molecular weight is 300 g/mol. The molecule has 2 N–H and O–H groups in total. The molecule has 1 aromatic rings. The fourth-order valence-electron chi connectivity index (χ4n) is 2.34. The highest BCUT2D eigenvalue weighted by Crippen LogP contribution is 2.33. The maximum absolute atomic E-state index is 14.0. The van der Waals surface area contributed by atoms with Gasteiger partial charge in [-0.3, -0.25) is 0 Å². The number of aryl methyl sites for hydroxylation is 1. The van der Waals surface area contributed by atoms with Crippen LogP contribution in [-0.4, -0.2) is 25.8 Å². The highest BCUT2D eigenvalue weighted by atomic mass is 32.2. The summed E-state index contributed by atoms with van der Waals surface area (Å²) in [4.78, 5) is -0.319. The maximum Gasteiger partial charge on any atom is 0.246 e. The number of rotatable bonds is 2. The van der Waals surface area contributed by atoms with Crippen molar-refractivity contribution in [1.82, 2.24) is 4.31 Å². The van der Waals surface area contributed by atoms with Gasteiger partial charge in [-0.15, -0.1) is 0 Å². The molecule has 0 atom stereocenters. The second-order valence-electron chi connectivity index (χ2n) is 6.21. The first-order valence-corrected chi connectivity index (χ1v) is 8.13. The zero-order chi connectivity index (χ0) is 15.1. The van der Waals surface area contributed by atoms with Gasteiger partial charge in [0.2, 0.25) is 10.0 Å². The third-order valence-electron chi connectivity index (χ3n) is 4.01. The van der Waals surface area contributed by atoms with Crippen LogP contribution in [0.5, 0.6) is 0 Å². The number of benzene rings is 1. The second kappa shape index (κ2) is 5.00. The van der Waals surface area contributed by atoms with Gasteiger partial charge in [-0.25, -0.2) is 12.8 Å². The Kier molecular flexibility index (Phi) is 3.81. The smallest absolute Gasteiger partial charge is 0.246 e. The van der Waals surface area contributed by atoms with Crippen molar-refractivity contribution >= 4 is 15.7 Å². The Morgan fingerprint density at radius 3 is 2.35 bits per heavy atom. The number of halogens is 1. The van der Waals surface area contributed by atoms with Crippen LogP contribution in [0.1, 0.15) is 32.3 Å². The summed E-state index contributed by atoms with van der Waals surface area (Å²) in [5, 5.41) is 0. The summed E-state index contributed by atoms with van der Waals surface area (Å²) in [6.45, 7) is 6.71. The van der Waals surface area contributed by atoms with E-state index in [4.69, 9.17) is 5.73 Å². The van der Waals surface area contributed by atoms with E-state index in [1.54, 1.807) is 6.92 Å². The minimum absolute atomic E-state index is 0.136. The number of hydrogen-bond donors (Lipinski definition) is 1. The molecular weight excluding hydrogens is 279 g/mol. The third-order valence-corrected chi connectivity index (χ3v) is 5.93. The van der Waals surface area contributed by atoms with E-state index in [1.165, 1.54) is 16.4 Å². The molecule has 2 rings (SSSR count). The molecule has 0 aromatic heterocycles. The van der Waals surface area contributed by atoms with Crippen LogP contribution in [0.25, 0.3) is 0 Å². The van der Waals surface area contributed by atoms with Crippen molar-refractivity contribution in [2.24, 2.45) is 5.41 Å². The molecule has 112 valence electrons. The van der Waals surface area contributed by atoms with Crippen molar-refractivity contribution in [3.05, 3.63) is 23.5 Å². The predicted molar refractivity (Wildman–Crippen MR) is 77.3 cm³/mol. The number of nitrogens with two attached hydrogens (primary N) is 1. The van der Waals surface area contributed by atoms with Crippen LogP contribution in [0.15, 0.2) is 17.0 Å². The zero-order valence-corrected chi connectivity index (χ0v) is 12.9. The fourth-order valence-corrected chi connectivity index (χ4v) is 3.86. The molecule has 1 aliphatic rings. The van der Waals surface area contributed by atoms with Gasteiger partial charge >= 0.3 is 0 Å². The first-order valence-electron chi connectivity index (χ1n) is 6.69. The quantitative estimate of drug-likeness (QED) is 0.854. The van der Waals surface area contributed by atoms with Gasteiger partial charge in [-0.2, -0.15) is 4.31 Å². The zero-order valence-electron chi connectivity index (χ0n) is 12.1. The molecule has 0 saturated carbocycles. The van der Waals surface area contributed by atoms with Crippen LogP contribution in [0.2, 0.25) is 0 Å². The Labute approximate surface area is 119 Å². The summed E-state index contributed by atoms with van der Waals surface area (Å²) in [6.07, 6.45) is 1.55. The summed E-state index contributed by atoms with van der Waals surface area (Å²) < 4.78 is 40.4. The molecule has 0 amide bonds. The SMILES string of the molecule is Cc1cc(F)c(S(=O)(=O)N2CCC(C)(C)CC2)cc1N. The number of hydrogen-bond acceptors (Lipinski definition) is 3. The van der Waals surface area contributed by atoms with Gasteiger partial charge < -0.3 is 5.73 Å². The highest BCUT2D eigenvalue weighted by molar-refractivity contribution is 7.89. The van der Waals surface area contributed by atoms with Gasteiger partial charge in [-0.05, 0) is 42.9 Å². The van der Waals surface area contributed by atoms with Crippen molar-refractivity contribution in [2.45, 2.75) is 38.5 Å². The van der Waals surface area contributed by atoms with Gasteiger partial charge in [0.1, 0.15) is 10.7 Å². The predicted octanol–water partition coefficient (Wildman–Crippen LogP) is 2.53.